The first-order valence-corrected chi connectivity index (χ1v) is 9.56. The first-order chi connectivity index (χ1) is 11.3. The van der Waals surface area contributed by atoms with Gasteiger partial charge in [-0.1, -0.05) is 11.3 Å². The van der Waals surface area contributed by atoms with Crippen molar-refractivity contribution in [2.75, 3.05) is 46.2 Å². The molecular formula is C15H27NO6Si. The van der Waals surface area contributed by atoms with Gasteiger partial charge in [0.25, 0.3) is 5.95 Å². The maximum atomic E-state index is 5.62. The van der Waals surface area contributed by atoms with Crippen LogP contribution < -0.4 is 0 Å². The minimum Gasteiger partial charge on any atom is -0.466 e. The van der Waals surface area contributed by atoms with Gasteiger partial charge in [-0.2, -0.15) is 0 Å². The van der Waals surface area contributed by atoms with Crippen LogP contribution in [0.1, 0.15) is 20.3 Å². The molecule has 8 heteroatoms. The monoisotopic (exact) mass is 345 g/mol. The molecule has 0 bridgehead atoms. The molecule has 0 amide bonds. The summed E-state index contributed by atoms with van der Waals surface area (Å²) in [5, 5.41) is 1.57. The van der Waals surface area contributed by atoms with E-state index >= 15 is 0 Å². The highest BCUT2D eigenvalue weighted by Crippen LogP contribution is 2.13. The zero-order valence-corrected chi connectivity index (χ0v) is 15.0. The Morgan fingerprint density at radius 3 is 2.13 bits per heavy atom. The Morgan fingerprint density at radius 2 is 1.65 bits per heavy atom. The number of hydroxylamine groups is 2. The van der Waals surface area contributed by atoms with E-state index in [0.29, 0.717) is 41.9 Å². The lowest BCUT2D eigenvalue weighted by Crippen LogP contribution is -2.29. The lowest BCUT2D eigenvalue weighted by Gasteiger charge is -2.20. The molecule has 0 aliphatic carbocycles. The summed E-state index contributed by atoms with van der Waals surface area (Å²) in [4.78, 5) is 11.2. The second-order valence-corrected chi connectivity index (χ2v) is 6.39. The lowest BCUT2D eigenvalue weighted by molar-refractivity contribution is -0.369. The van der Waals surface area contributed by atoms with Crippen molar-refractivity contribution >= 4 is 9.52 Å². The van der Waals surface area contributed by atoms with Gasteiger partial charge in [-0.3, -0.25) is 9.68 Å². The van der Waals surface area contributed by atoms with Crippen molar-refractivity contribution in [2.24, 2.45) is 0 Å². The lowest BCUT2D eigenvalue weighted by atomic mass is 10.5. The molecule has 2 saturated heterocycles. The van der Waals surface area contributed by atoms with Crippen molar-refractivity contribution in [3.63, 3.8) is 0 Å². The molecule has 2 unspecified atom stereocenters. The number of ether oxygens (including phenoxy) is 4. The van der Waals surface area contributed by atoms with Crippen LogP contribution in [0.15, 0.2) is 11.6 Å². The normalized spacial score (nSPS) is 22.0. The minimum atomic E-state index is 0.225. The van der Waals surface area contributed by atoms with E-state index in [0.717, 1.165) is 32.2 Å². The molecule has 0 aromatic heterocycles. The van der Waals surface area contributed by atoms with Crippen molar-refractivity contribution in [2.45, 2.75) is 38.5 Å². The van der Waals surface area contributed by atoms with E-state index in [1.54, 1.807) is 5.23 Å². The van der Waals surface area contributed by atoms with E-state index in [-0.39, 0.29) is 12.2 Å². The first-order valence-electron chi connectivity index (χ1n) is 8.27. The van der Waals surface area contributed by atoms with Crippen LogP contribution in [0.25, 0.3) is 0 Å². The maximum Gasteiger partial charge on any atom is 0.270 e. The van der Waals surface area contributed by atoms with Crippen LogP contribution in [0.3, 0.4) is 0 Å². The molecule has 2 atom stereocenters. The number of hydrogen-bond donors (Lipinski definition) is 0. The summed E-state index contributed by atoms with van der Waals surface area (Å²) in [7, 11) is 0.652. The molecule has 2 radical (unpaired) electrons. The van der Waals surface area contributed by atoms with Gasteiger partial charge < -0.3 is 18.9 Å². The molecule has 2 aliphatic heterocycles. The second-order valence-electron chi connectivity index (χ2n) is 5.20. The van der Waals surface area contributed by atoms with Gasteiger partial charge in [0, 0.05) is 0 Å². The second kappa shape index (κ2) is 11.0. The third kappa shape index (κ3) is 9.29. The molecule has 0 spiro atoms. The Morgan fingerprint density at radius 1 is 1.09 bits per heavy atom. The zero-order valence-electron chi connectivity index (χ0n) is 14.0. The van der Waals surface area contributed by atoms with E-state index in [1.807, 2.05) is 19.5 Å². The SMILES string of the molecule is CCOC(=C[Si]CCCN(OCC1CO1)OCC1CO1)OCC. The Kier molecular flexibility index (Phi) is 8.94. The van der Waals surface area contributed by atoms with E-state index in [9.17, 15) is 0 Å². The van der Waals surface area contributed by atoms with Gasteiger partial charge in [0.1, 0.15) is 12.2 Å². The van der Waals surface area contributed by atoms with Gasteiger partial charge in [0.05, 0.1) is 55.7 Å². The highest BCUT2D eigenvalue weighted by Gasteiger charge is 2.26. The van der Waals surface area contributed by atoms with Crippen LogP contribution in [0.4, 0.5) is 0 Å². The Balaban J connectivity index is 1.57. The summed E-state index contributed by atoms with van der Waals surface area (Å²) >= 11 is 0. The third-order valence-corrected chi connectivity index (χ3v) is 4.15. The van der Waals surface area contributed by atoms with Gasteiger partial charge in [-0.25, -0.2) is 0 Å². The molecule has 2 heterocycles. The van der Waals surface area contributed by atoms with Crippen molar-refractivity contribution in [1.82, 2.24) is 5.23 Å². The zero-order chi connectivity index (χ0) is 16.3. The largest absolute Gasteiger partial charge is 0.466 e. The van der Waals surface area contributed by atoms with Gasteiger partial charge in [0.15, 0.2) is 0 Å². The van der Waals surface area contributed by atoms with Crippen molar-refractivity contribution in [3.8, 4) is 0 Å². The fraction of sp³-hybridized carbons (Fsp3) is 0.867. The molecule has 2 fully saturated rings. The Hall–Kier alpha value is -0.643. The van der Waals surface area contributed by atoms with E-state index in [1.165, 1.54) is 0 Å². The summed E-state index contributed by atoms with van der Waals surface area (Å²) < 4.78 is 21.1. The fourth-order valence-corrected chi connectivity index (χ4v) is 2.54. The van der Waals surface area contributed by atoms with Crippen LogP contribution >= 0.6 is 0 Å². The summed E-state index contributed by atoms with van der Waals surface area (Å²) in [5.41, 5.74) is 2.02. The number of epoxide rings is 2. The first kappa shape index (κ1) is 18.7. The van der Waals surface area contributed by atoms with Crippen molar-refractivity contribution < 1.29 is 28.6 Å². The quantitative estimate of drug-likeness (QED) is 0.146. The smallest absolute Gasteiger partial charge is 0.270 e. The van der Waals surface area contributed by atoms with E-state index < -0.39 is 0 Å². The summed E-state index contributed by atoms with van der Waals surface area (Å²) in [5.74, 6) is 0.634. The van der Waals surface area contributed by atoms with Gasteiger partial charge in [-0.05, 0) is 26.0 Å². The molecule has 2 rings (SSSR count). The average Bonchev–Trinajstić information content (AvgIpc) is 3.44. The Bertz CT molecular complexity index is 325. The van der Waals surface area contributed by atoms with Crippen molar-refractivity contribution in [1.29, 1.82) is 0 Å². The van der Waals surface area contributed by atoms with Crippen LogP contribution in [0, 0.1) is 0 Å². The van der Waals surface area contributed by atoms with Crippen LogP contribution in [0.2, 0.25) is 6.04 Å². The number of hydrogen-bond acceptors (Lipinski definition) is 7. The average molecular weight is 345 g/mol. The summed E-state index contributed by atoms with van der Waals surface area (Å²) in [6, 6.07) is 1.03. The minimum absolute atomic E-state index is 0.225. The number of rotatable bonds is 15. The predicted octanol–water partition coefficient (Wildman–Crippen LogP) is 1.33. The molecule has 0 N–H and O–H groups in total. The van der Waals surface area contributed by atoms with Crippen LogP contribution in [-0.4, -0.2) is 73.1 Å². The topological polar surface area (TPSA) is 65.2 Å². The van der Waals surface area contributed by atoms with Gasteiger partial charge in [0.2, 0.25) is 0 Å². The van der Waals surface area contributed by atoms with Crippen LogP contribution in [0.5, 0.6) is 0 Å². The van der Waals surface area contributed by atoms with Gasteiger partial charge >= 0.3 is 0 Å². The molecule has 0 saturated carbocycles. The third-order valence-electron chi connectivity index (χ3n) is 3.07. The molecule has 0 aromatic rings. The highest BCUT2D eigenvalue weighted by molar-refractivity contribution is 6.42. The molecule has 2 aliphatic rings. The van der Waals surface area contributed by atoms with Gasteiger partial charge in [-0.15, -0.1) is 0 Å². The number of nitrogens with zero attached hydrogens (tertiary/aromatic N) is 1. The molecule has 23 heavy (non-hydrogen) atoms. The molecule has 7 nitrogen and oxygen atoms in total. The predicted molar refractivity (Wildman–Crippen MR) is 84.6 cm³/mol. The van der Waals surface area contributed by atoms with Crippen LogP contribution in [-0.2, 0) is 28.6 Å². The molecular weight excluding hydrogens is 318 g/mol. The summed E-state index contributed by atoms with van der Waals surface area (Å²) in [6.07, 6.45) is 1.42. The standard InChI is InChI=1S/C15H27NO6Si/c1-3-17-15(18-4-2)12-23-7-5-6-16(21-10-13-8-19-13)22-11-14-9-20-14/h12-14H,3-11H2,1-2H3. The fourth-order valence-electron chi connectivity index (χ4n) is 1.70. The highest BCUT2D eigenvalue weighted by atomic mass is 28.2. The maximum absolute atomic E-state index is 5.62. The molecule has 0 aromatic carbocycles. The molecule has 132 valence electrons. The summed E-state index contributed by atoms with van der Waals surface area (Å²) in [6.45, 7) is 8.53. The Labute approximate surface area is 140 Å². The van der Waals surface area contributed by atoms with Crippen molar-refractivity contribution in [3.05, 3.63) is 11.6 Å². The van der Waals surface area contributed by atoms with E-state index in [2.05, 4.69) is 0 Å². The van der Waals surface area contributed by atoms with E-state index in [4.69, 9.17) is 28.6 Å².